The second-order valence-corrected chi connectivity index (χ2v) is 5.22. The Balaban J connectivity index is 2.25. The summed E-state index contributed by atoms with van der Waals surface area (Å²) in [4.78, 5) is 0. The number of ether oxygens (including phenoxy) is 1. The molecule has 2 N–H and O–H groups in total. The van der Waals surface area contributed by atoms with E-state index in [1.165, 1.54) is 5.39 Å². The fourth-order valence-corrected chi connectivity index (χ4v) is 3.09. The van der Waals surface area contributed by atoms with Crippen LogP contribution in [0, 0.1) is 0 Å². The summed E-state index contributed by atoms with van der Waals surface area (Å²) in [6.07, 6.45) is 0. The fourth-order valence-electron chi connectivity index (χ4n) is 2.39. The average Bonchev–Trinajstić information content (AvgIpc) is 2.99. The molecule has 1 aromatic heterocycles. The van der Waals surface area contributed by atoms with Crippen molar-refractivity contribution in [3.8, 4) is 5.75 Å². The number of thiophene rings is 1. The van der Waals surface area contributed by atoms with Crippen LogP contribution in [0.3, 0.4) is 0 Å². The summed E-state index contributed by atoms with van der Waals surface area (Å²) in [5, 5.41) is 6.48. The minimum absolute atomic E-state index is 0.160. The number of methoxy groups -OCH3 is 1. The first-order valence-electron chi connectivity index (χ1n) is 6.14. The number of hydrogen-bond acceptors (Lipinski definition) is 3. The molecule has 0 amide bonds. The van der Waals surface area contributed by atoms with Crippen molar-refractivity contribution in [2.24, 2.45) is 5.73 Å². The van der Waals surface area contributed by atoms with Gasteiger partial charge in [-0.15, -0.1) is 0 Å². The van der Waals surface area contributed by atoms with Crippen LogP contribution in [0.15, 0.2) is 53.2 Å². The summed E-state index contributed by atoms with van der Waals surface area (Å²) in [7, 11) is 1.69. The van der Waals surface area contributed by atoms with Crippen molar-refractivity contribution in [1.29, 1.82) is 0 Å². The van der Waals surface area contributed by atoms with Gasteiger partial charge in [-0.3, -0.25) is 0 Å². The Labute approximate surface area is 116 Å². The smallest absolute Gasteiger partial charge is 0.124 e. The maximum atomic E-state index is 6.43. The third-order valence-corrected chi connectivity index (χ3v) is 4.07. The number of hydrogen-bond donors (Lipinski definition) is 1. The molecule has 19 heavy (non-hydrogen) atoms. The molecule has 1 heterocycles. The molecule has 2 nitrogen and oxygen atoms in total. The highest BCUT2D eigenvalue weighted by atomic mass is 32.1. The molecular formula is C16H15NOS. The Morgan fingerprint density at radius 1 is 1.11 bits per heavy atom. The van der Waals surface area contributed by atoms with Crippen LogP contribution < -0.4 is 10.5 Å². The second kappa shape index (κ2) is 5.03. The molecule has 0 aliphatic heterocycles. The highest BCUT2D eigenvalue weighted by molar-refractivity contribution is 7.08. The first kappa shape index (κ1) is 12.2. The average molecular weight is 269 g/mol. The summed E-state index contributed by atoms with van der Waals surface area (Å²) < 4.78 is 5.50. The summed E-state index contributed by atoms with van der Waals surface area (Å²) in [5.74, 6) is 0.845. The van der Waals surface area contributed by atoms with E-state index in [9.17, 15) is 0 Å². The fraction of sp³-hybridized carbons (Fsp3) is 0.125. The van der Waals surface area contributed by atoms with E-state index in [4.69, 9.17) is 10.5 Å². The van der Waals surface area contributed by atoms with Gasteiger partial charge < -0.3 is 10.5 Å². The number of benzene rings is 2. The van der Waals surface area contributed by atoms with Crippen LogP contribution >= 0.6 is 11.3 Å². The van der Waals surface area contributed by atoms with Crippen LogP contribution in [-0.2, 0) is 0 Å². The van der Waals surface area contributed by atoms with Crippen molar-refractivity contribution in [3.63, 3.8) is 0 Å². The summed E-state index contributed by atoms with van der Waals surface area (Å²) >= 11 is 1.66. The molecule has 0 spiro atoms. The molecule has 2 aromatic carbocycles. The molecule has 0 radical (unpaired) electrons. The minimum Gasteiger partial charge on any atom is -0.496 e. The van der Waals surface area contributed by atoms with E-state index in [1.54, 1.807) is 18.4 Å². The first-order valence-corrected chi connectivity index (χ1v) is 7.09. The zero-order valence-corrected chi connectivity index (χ0v) is 11.5. The Bertz CT molecular complexity index is 691. The number of rotatable bonds is 3. The van der Waals surface area contributed by atoms with E-state index >= 15 is 0 Å². The highest BCUT2D eigenvalue weighted by Crippen LogP contribution is 2.35. The van der Waals surface area contributed by atoms with Crippen molar-refractivity contribution < 1.29 is 4.74 Å². The molecule has 0 aliphatic rings. The zero-order valence-electron chi connectivity index (χ0n) is 10.7. The lowest BCUT2D eigenvalue weighted by Gasteiger charge is -2.17. The van der Waals surface area contributed by atoms with Crippen molar-refractivity contribution in [1.82, 2.24) is 0 Å². The van der Waals surface area contributed by atoms with E-state index < -0.39 is 0 Å². The van der Waals surface area contributed by atoms with E-state index in [2.05, 4.69) is 29.6 Å². The van der Waals surface area contributed by atoms with Gasteiger partial charge in [0.1, 0.15) is 5.75 Å². The van der Waals surface area contributed by atoms with Crippen molar-refractivity contribution in [2.45, 2.75) is 6.04 Å². The second-order valence-electron chi connectivity index (χ2n) is 4.44. The van der Waals surface area contributed by atoms with E-state index in [0.29, 0.717) is 0 Å². The van der Waals surface area contributed by atoms with Crippen molar-refractivity contribution >= 4 is 22.1 Å². The third-order valence-electron chi connectivity index (χ3n) is 3.36. The molecule has 0 bridgehead atoms. The minimum atomic E-state index is -0.160. The van der Waals surface area contributed by atoms with Gasteiger partial charge in [-0.05, 0) is 39.2 Å². The lowest BCUT2D eigenvalue weighted by Crippen LogP contribution is -2.12. The molecule has 0 unspecified atom stereocenters. The van der Waals surface area contributed by atoms with Gasteiger partial charge in [0, 0.05) is 5.56 Å². The number of nitrogens with two attached hydrogens (primary N) is 1. The Morgan fingerprint density at radius 3 is 2.68 bits per heavy atom. The highest BCUT2D eigenvalue weighted by Gasteiger charge is 2.17. The van der Waals surface area contributed by atoms with E-state index in [1.807, 2.05) is 23.6 Å². The molecule has 3 rings (SSSR count). The molecule has 0 aliphatic carbocycles. The summed E-state index contributed by atoms with van der Waals surface area (Å²) in [6, 6.07) is 14.2. The lowest BCUT2D eigenvalue weighted by molar-refractivity contribution is 0.409. The molecular weight excluding hydrogens is 254 g/mol. The van der Waals surface area contributed by atoms with Crippen molar-refractivity contribution in [3.05, 3.63) is 64.4 Å². The summed E-state index contributed by atoms with van der Waals surface area (Å²) in [5.41, 5.74) is 8.61. The predicted octanol–water partition coefficient (Wildman–Crippen LogP) is 3.96. The van der Waals surface area contributed by atoms with Crippen LogP contribution in [0.4, 0.5) is 0 Å². The maximum Gasteiger partial charge on any atom is 0.124 e. The molecule has 3 heteroatoms. The molecule has 0 fully saturated rings. The largest absolute Gasteiger partial charge is 0.496 e. The zero-order chi connectivity index (χ0) is 13.2. The van der Waals surface area contributed by atoms with Gasteiger partial charge in [0.25, 0.3) is 0 Å². The predicted molar refractivity (Wildman–Crippen MR) is 80.8 cm³/mol. The molecule has 0 saturated carbocycles. The normalized spacial score (nSPS) is 12.5. The van der Waals surface area contributed by atoms with Gasteiger partial charge in [-0.2, -0.15) is 11.3 Å². The molecule has 0 saturated heterocycles. The SMILES string of the molecule is COc1ccc2ccccc2c1[C@H](N)c1ccsc1. The Kier molecular flexibility index (Phi) is 3.23. The quantitative estimate of drug-likeness (QED) is 0.781. The van der Waals surface area contributed by atoms with Gasteiger partial charge in [0.2, 0.25) is 0 Å². The lowest BCUT2D eigenvalue weighted by atomic mass is 9.95. The van der Waals surface area contributed by atoms with Gasteiger partial charge in [0.15, 0.2) is 0 Å². The first-order chi connectivity index (χ1) is 9.31. The van der Waals surface area contributed by atoms with Crippen LogP contribution in [0.5, 0.6) is 5.75 Å². The van der Waals surface area contributed by atoms with Gasteiger partial charge in [-0.1, -0.05) is 30.3 Å². The standard InChI is InChI=1S/C16H15NOS/c1-18-14-7-6-11-4-2-3-5-13(11)15(14)16(17)12-8-9-19-10-12/h2-10,16H,17H2,1H3/t16-/m1/s1. The molecule has 96 valence electrons. The van der Waals surface area contributed by atoms with E-state index in [-0.39, 0.29) is 6.04 Å². The summed E-state index contributed by atoms with van der Waals surface area (Å²) in [6.45, 7) is 0. The van der Waals surface area contributed by atoms with Crippen molar-refractivity contribution in [2.75, 3.05) is 7.11 Å². The topological polar surface area (TPSA) is 35.2 Å². The third kappa shape index (κ3) is 2.11. The van der Waals surface area contributed by atoms with Gasteiger partial charge >= 0.3 is 0 Å². The van der Waals surface area contributed by atoms with Gasteiger partial charge in [0.05, 0.1) is 13.2 Å². The van der Waals surface area contributed by atoms with Crippen LogP contribution in [0.25, 0.3) is 10.8 Å². The molecule has 3 aromatic rings. The van der Waals surface area contributed by atoms with Crippen LogP contribution in [0.1, 0.15) is 17.2 Å². The van der Waals surface area contributed by atoms with Crippen LogP contribution in [0.2, 0.25) is 0 Å². The molecule has 1 atom stereocenters. The monoisotopic (exact) mass is 269 g/mol. The van der Waals surface area contributed by atoms with Crippen LogP contribution in [-0.4, -0.2) is 7.11 Å². The Hall–Kier alpha value is -1.84. The van der Waals surface area contributed by atoms with Gasteiger partial charge in [-0.25, -0.2) is 0 Å². The maximum absolute atomic E-state index is 6.43. The van der Waals surface area contributed by atoms with E-state index in [0.717, 1.165) is 22.3 Å². The Morgan fingerprint density at radius 2 is 1.95 bits per heavy atom. The number of fused-ring (bicyclic) bond motifs is 1.